The maximum atomic E-state index is 6.09. The standard InChI is InChI=1S/C38H34N4O3/c1-21-31-19-39-11-9-27(31)23(3)37-35(21)29-17-25(5-7-33(29)41-37)44-15-13-43-14-16-45-26-6-8-34-30(18-26)36-22(2)32-20-40-12-10-28(32)24(4)38(36)42-34/h5-12,17-20,41-42H,13-16H2,1-4H3. The van der Waals surface area contributed by atoms with E-state index in [1.165, 1.54) is 65.6 Å². The van der Waals surface area contributed by atoms with Gasteiger partial charge in [0.1, 0.15) is 24.7 Å². The van der Waals surface area contributed by atoms with Crippen LogP contribution in [0.4, 0.5) is 0 Å². The summed E-state index contributed by atoms with van der Waals surface area (Å²) in [5.41, 5.74) is 9.46. The number of pyridine rings is 2. The van der Waals surface area contributed by atoms with Crippen LogP contribution in [0.2, 0.25) is 0 Å². The molecule has 0 aliphatic heterocycles. The molecule has 8 aromatic rings. The van der Waals surface area contributed by atoms with Gasteiger partial charge in [-0.25, -0.2) is 0 Å². The van der Waals surface area contributed by atoms with Crippen LogP contribution in [0.1, 0.15) is 22.3 Å². The monoisotopic (exact) mass is 594 g/mol. The molecule has 7 heteroatoms. The first-order valence-electron chi connectivity index (χ1n) is 15.4. The van der Waals surface area contributed by atoms with Crippen molar-refractivity contribution in [2.45, 2.75) is 27.7 Å². The van der Waals surface area contributed by atoms with Crippen molar-refractivity contribution in [3.8, 4) is 11.5 Å². The molecule has 0 saturated heterocycles. The van der Waals surface area contributed by atoms with Crippen LogP contribution in [0.3, 0.4) is 0 Å². The number of H-pyrrole nitrogens is 2. The number of nitrogens with zero attached hydrogens (tertiary/aromatic N) is 2. The third kappa shape index (κ3) is 4.46. The normalized spacial score (nSPS) is 12.0. The van der Waals surface area contributed by atoms with Gasteiger partial charge in [0.2, 0.25) is 0 Å². The fraction of sp³-hybridized carbons (Fsp3) is 0.211. The molecule has 224 valence electrons. The molecule has 0 unspecified atom stereocenters. The lowest BCUT2D eigenvalue weighted by Gasteiger charge is -2.10. The van der Waals surface area contributed by atoms with Crippen molar-refractivity contribution in [3.05, 3.63) is 95.6 Å². The quantitative estimate of drug-likeness (QED) is 0.172. The minimum Gasteiger partial charge on any atom is -0.491 e. The average molecular weight is 595 g/mol. The molecule has 0 aliphatic rings. The Kier molecular flexibility index (Phi) is 6.57. The van der Waals surface area contributed by atoms with E-state index in [-0.39, 0.29) is 0 Å². The molecule has 4 heterocycles. The van der Waals surface area contributed by atoms with E-state index in [2.05, 4.69) is 84.0 Å². The molecule has 0 spiro atoms. The fourth-order valence-electron chi connectivity index (χ4n) is 6.98. The number of aromatic amines is 2. The number of rotatable bonds is 8. The van der Waals surface area contributed by atoms with Gasteiger partial charge in [0, 0.05) is 68.1 Å². The van der Waals surface area contributed by atoms with E-state index >= 15 is 0 Å². The first-order chi connectivity index (χ1) is 22.0. The largest absolute Gasteiger partial charge is 0.491 e. The highest BCUT2D eigenvalue weighted by atomic mass is 16.5. The van der Waals surface area contributed by atoms with E-state index in [1.807, 2.05) is 36.9 Å². The molecule has 0 bridgehead atoms. The summed E-state index contributed by atoms with van der Waals surface area (Å²) < 4.78 is 18.0. The lowest BCUT2D eigenvalue weighted by Crippen LogP contribution is -2.12. The SMILES string of the molecule is Cc1c2ccncc2c(C)c2c1[nH]c1ccc(OCCOCCOc3ccc4[nH]c5c(C)c6ccncc6c(C)c5c4c3)cc12. The second-order valence-corrected chi connectivity index (χ2v) is 11.8. The smallest absolute Gasteiger partial charge is 0.120 e. The number of benzene rings is 4. The maximum absolute atomic E-state index is 6.09. The Hall–Kier alpha value is -5.14. The lowest BCUT2D eigenvalue weighted by molar-refractivity contribution is 0.0765. The van der Waals surface area contributed by atoms with E-state index in [0.29, 0.717) is 26.4 Å². The van der Waals surface area contributed by atoms with Crippen molar-refractivity contribution in [1.29, 1.82) is 0 Å². The molecule has 0 atom stereocenters. The second kappa shape index (κ2) is 10.8. The maximum Gasteiger partial charge on any atom is 0.120 e. The molecule has 0 fully saturated rings. The zero-order valence-electron chi connectivity index (χ0n) is 25.9. The number of hydrogen-bond donors (Lipinski definition) is 2. The minimum absolute atomic E-state index is 0.460. The van der Waals surface area contributed by atoms with Crippen molar-refractivity contribution >= 4 is 65.2 Å². The molecule has 0 saturated carbocycles. The van der Waals surface area contributed by atoms with E-state index in [0.717, 1.165) is 33.3 Å². The number of aryl methyl sites for hydroxylation is 4. The van der Waals surface area contributed by atoms with Crippen molar-refractivity contribution in [1.82, 2.24) is 19.9 Å². The third-order valence-electron chi connectivity index (χ3n) is 9.29. The van der Waals surface area contributed by atoms with Crippen LogP contribution in [-0.4, -0.2) is 46.4 Å². The van der Waals surface area contributed by atoms with Crippen LogP contribution in [0.5, 0.6) is 11.5 Å². The molecule has 0 aliphatic carbocycles. The van der Waals surface area contributed by atoms with Crippen LogP contribution in [-0.2, 0) is 4.74 Å². The Balaban J connectivity index is 0.911. The van der Waals surface area contributed by atoms with Gasteiger partial charge in [0.15, 0.2) is 0 Å². The topological polar surface area (TPSA) is 85.0 Å². The summed E-state index contributed by atoms with van der Waals surface area (Å²) in [4.78, 5) is 16.0. The van der Waals surface area contributed by atoms with Crippen LogP contribution >= 0.6 is 0 Å². The Bertz CT molecular complexity index is 2250. The summed E-state index contributed by atoms with van der Waals surface area (Å²) in [5, 5.41) is 9.60. The number of hydrogen-bond acceptors (Lipinski definition) is 5. The van der Waals surface area contributed by atoms with Crippen molar-refractivity contribution in [2.24, 2.45) is 0 Å². The highest BCUT2D eigenvalue weighted by molar-refractivity contribution is 6.17. The predicted molar refractivity (Wildman–Crippen MR) is 183 cm³/mol. The molecule has 8 rings (SSSR count). The van der Waals surface area contributed by atoms with Gasteiger partial charge in [-0.1, -0.05) is 0 Å². The molecule has 0 radical (unpaired) electrons. The highest BCUT2D eigenvalue weighted by Gasteiger charge is 2.16. The van der Waals surface area contributed by atoms with Gasteiger partial charge in [-0.3, -0.25) is 9.97 Å². The molecule has 7 nitrogen and oxygen atoms in total. The molecule has 45 heavy (non-hydrogen) atoms. The summed E-state index contributed by atoms with van der Waals surface area (Å²) in [5.74, 6) is 1.65. The van der Waals surface area contributed by atoms with Gasteiger partial charge < -0.3 is 24.2 Å². The van der Waals surface area contributed by atoms with Crippen molar-refractivity contribution < 1.29 is 14.2 Å². The Morgan fingerprint density at radius 3 is 1.44 bits per heavy atom. The van der Waals surface area contributed by atoms with Gasteiger partial charge in [-0.15, -0.1) is 0 Å². The third-order valence-corrected chi connectivity index (χ3v) is 9.29. The second-order valence-electron chi connectivity index (χ2n) is 11.8. The first kappa shape index (κ1) is 27.4. The Morgan fingerprint density at radius 2 is 0.978 bits per heavy atom. The van der Waals surface area contributed by atoms with Crippen LogP contribution in [0.15, 0.2) is 73.3 Å². The number of ether oxygens (including phenoxy) is 3. The Morgan fingerprint density at radius 1 is 0.511 bits per heavy atom. The first-order valence-corrected chi connectivity index (χ1v) is 15.4. The van der Waals surface area contributed by atoms with Crippen molar-refractivity contribution in [3.63, 3.8) is 0 Å². The number of aromatic nitrogens is 4. The number of nitrogens with one attached hydrogen (secondary N) is 2. The zero-order valence-corrected chi connectivity index (χ0v) is 25.9. The number of fused-ring (bicyclic) bond motifs is 8. The molecule has 4 aromatic heterocycles. The predicted octanol–water partition coefficient (Wildman–Crippen LogP) is 8.76. The minimum atomic E-state index is 0.460. The fourth-order valence-corrected chi connectivity index (χ4v) is 6.98. The van der Waals surface area contributed by atoms with Crippen molar-refractivity contribution in [2.75, 3.05) is 26.4 Å². The summed E-state index contributed by atoms with van der Waals surface area (Å²) in [6.45, 7) is 10.5. The van der Waals surface area contributed by atoms with E-state index in [1.54, 1.807) is 0 Å². The van der Waals surface area contributed by atoms with Gasteiger partial charge in [0.25, 0.3) is 0 Å². The average Bonchev–Trinajstić information content (AvgIpc) is 3.65. The van der Waals surface area contributed by atoms with E-state index < -0.39 is 0 Å². The molecular weight excluding hydrogens is 560 g/mol. The van der Waals surface area contributed by atoms with Gasteiger partial charge in [-0.2, -0.15) is 0 Å². The molecule has 4 aromatic carbocycles. The van der Waals surface area contributed by atoms with E-state index in [9.17, 15) is 0 Å². The van der Waals surface area contributed by atoms with Gasteiger partial charge in [0.05, 0.1) is 24.2 Å². The summed E-state index contributed by atoms with van der Waals surface area (Å²) >= 11 is 0. The summed E-state index contributed by atoms with van der Waals surface area (Å²) in [6, 6.07) is 16.6. The summed E-state index contributed by atoms with van der Waals surface area (Å²) in [6.07, 6.45) is 7.63. The van der Waals surface area contributed by atoms with Crippen LogP contribution in [0, 0.1) is 27.7 Å². The van der Waals surface area contributed by atoms with E-state index in [4.69, 9.17) is 14.2 Å². The zero-order chi connectivity index (χ0) is 30.7. The summed E-state index contributed by atoms with van der Waals surface area (Å²) in [7, 11) is 0. The molecular formula is C38H34N4O3. The molecule has 0 amide bonds. The van der Waals surface area contributed by atoms with Crippen LogP contribution in [0.25, 0.3) is 65.2 Å². The van der Waals surface area contributed by atoms with Gasteiger partial charge in [-0.05, 0) is 109 Å². The van der Waals surface area contributed by atoms with Gasteiger partial charge >= 0.3 is 0 Å². The molecule has 2 N–H and O–H groups in total. The lowest BCUT2D eigenvalue weighted by atomic mass is 9.97. The van der Waals surface area contributed by atoms with Crippen LogP contribution < -0.4 is 9.47 Å². The highest BCUT2D eigenvalue weighted by Crippen LogP contribution is 2.39. The Labute approximate surface area is 260 Å².